The van der Waals surface area contributed by atoms with Crippen LogP contribution in [-0.4, -0.2) is 28.3 Å². The van der Waals surface area contributed by atoms with Crippen LogP contribution in [0.1, 0.15) is 19.3 Å². The molecule has 0 aliphatic carbocycles. The molecule has 1 fully saturated rings. The van der Waals surface area contributed by atoms with Crippen LogP contribution in [0.4, 0.5) is 28.8 Å². The molecule has 138 valence electrons. The number of halogens is 1. The topological polar surface area (TPSA) is 66.0 Å². The van der Waals surface area contributed by atoms with Crippen LogP contribution in [0, 0.1) is 0 Å². The fraction of sp³-hybridized carbons (Fsp3) is 0.250. The first kappa shape index (κ1) is 17.5. The van der Waals surface area contributed by atoms with Gasteiger partial charge in [0.1, 0.15) is 0 Å². The van der Waals surface area contributed by atoms with Gasteiger partial charge in [-0.3, -0.25) is 0 Å². The lowest BCUT2D eigenvalue weighted by Crippen LogP contribution is -2.29. The maximum atomic E-state index is 5.91. The molecular formula is C20H21ClN6. The minimum absolute atomic E-state index is 0.423. The van der Waals surface area contributed by atoms with Gasteiger partial charge in [0.15, 0.2) is 5.82 Å². The van der Waals surface area contributed by atoms with Gasteiger partial charge >= 0.3 is 0 Å². The van der Waals surface area contributed by atoms with Crippen molar-refractivity contribution in [3.8, 4) is 0 Å². The van der Waals surface area contributed by atoms with E-state index in [0.29, 0.717) is 16.8 Å². The van der Waals surface area contributed by atoms with Crippen molar-refractivity contribution in [3.05, 3.63) is 59.8 Å². The van der Waals surface area contributed by atoms with Crippen LogP contribution < -0.4 is 15.5 Å². The van der Waals surface area contributed by atoms with Crippen LogP contribution in [0.25, 0.3) is 0 Å². The fourth-order valence-electron chi connectivity index (χ4n) is 3.13. The molecule has 0 spiro atoms. The Bertz CT molecular complexity index is 876. The highest BCUT2D eigenvalue weighted by Gasteiger charge is 2.10. The van der Waals surface area contributed by atoms with E-state index in [1.165, 1.54) is 24.9 Å². The SMILES string of the molecule is Clc1ccc(Nc2nncc(Nc3ccc(N4CCCCC4)cc3)n2)cc1. The second kappa shape index (κ2) is 8.22. The number of nitrogens with one attached hydrogen (secondary N) is 2. The van der Waals surface area contributed by atoms with Gasteiger partial charge in [0.2, 0.25) is 5.95 Å². The summed E-state index contributed by atoms with van der Waals surface area (Å²) in [6, 6.07) is 15.8. The van der Waals surface area contributed by atoms with E-state index in [-0.39, 0.29) is 0 Å². The molecule has 27 heavy (non-hydrogen) atoms. The summed E-state index contributed by atoms with van der Waals surface area (Å²) in [7, 11) is 0. The largest absolute Gasteiger partial charge is 0.372 e. The fourth-order valence-corrected chi connectivity index (χ4v) is 3.26. The molecular weight excluding hydrogens is 360 g/mol. The molecule has 1 aromatic heterocycles. The molecule has 0 radical (unpaired) electrons. The lowest BCUT2D eigenvalue weighted by molar-refractivity contribution is 0.578. The van der Waals surface area contributed by atoms with Gasteiger partial charge in [0.25, 0.3) is 0 Å². The van der Waals surface area contributed by atoms with E-state index in [1.807, 2.05) is 24.3 Å². The third-order valence-corrected chi connectivity index (χ3v) is 4.77. The molecule has 0 atom stereocenters. The number of hydrogen-bond donors (Lipinski definition) is 2. The van der Waals surface area contributed by atoms with E-state index >= 15 is 0 Å². The van der Waals surface area contributed by atoms with Crippen molar-refractivity contribution < 1.29 is 0 Å². The summed E-state index contributed by atoms with van der Waals surface area (Å²) in [5.74, 6) is 1.06. The molecule has 6 nitrogen and oxygen atoms in total. The minimum Gasteiger partial charge on any atom is -0.372 e. The quantitative estimate of drug-likeness (QED) is 0.649. The number of anilines is 5. The zero-order valence-corrected chi connectivity index (χ0v) is 15.7. The van der Waals surface area contributed by atoms with Crippen LogP contribution in [0.15, 0.2) is 54.7 Å². The van der Waals surface area contributed by atoms with Gasteiger partial charge in [0, 0.05) is 35.2 Å². The van der Waals surface area contributed by atoms with Crippen molar-refractivity contribution in [3.63, 3.8) is 0 Å². The van der Waals surface area contributed by atoms with Crippen molar-refractivity contribution in [1.29, 1.82) is 0 Å². The number of piperidine rings is 1. The average molecular weight is 381 g/mol. The zero-order valence-electron chi connectivity index (χ0n) is 14.9. The number of aromatic nitrogens is 3. The Balaban J connectivity index is 1.42. The molecule has 4 rings (SSSR count). The number of hydrogen-bond acceptors (Lipinski definition) is 6. The van der Waals surface area contributed by atoms with Crippen molar-refractivity contribution in [2.24, 2.45) is 0 Å². The average Bonchev–Trinajstić information content (AvgIpc) is 2.71. The van der Waals surface area contributed by atoms with Crippen LogP contribution in [0.2, 0.25) is 5.02 Å². The molecule has 2 heterocycles. The van der Waals surface area contributed by atoms with Gasteiger partial charge in [-0.15, -0.1) is 5.10 Å². The molecule has 0 amide bonds. The Labute approximate surface area is 163 Å². The predicted molar refractivity (Wildman–Crippen MR) is 110 cm³/mol. The van der Waals surface area contributed by atoms with Gasteiger partial charge in [-0.05, 0) is 67.8 Å². The lowest BCUT2D eigenvalue weighted by atomic mass is 10.1. The van der Waals surface area contributed by atoms with Crippen LogP contribution in [-0.2, 0) is 0 Å². The number of rotatable bonds is 5. The molecule has 2 N–H and O–H groups in total. The maximum absolute atomic E-state index is 5.91. The molecule has 0 unspecified atom stereocenters. The van der Waals surface area contributed by atoms with Crippen molar-refractivity contribution in [2.45, 2.75) is 19.3 Å². The zero-order chi connectivity index (χ0) is 18.5. The lowest BCUT2D eigenvalue weighted by Gasteiger charge is -2.28. The highest BCUT2D eigenvalue weighted by atomic mass is 35.5. The van der Waals surface area contributed by atoms with E-state index in [2.05, 4.69) is 55.0 Å². The van der Waals surface area contributed by atoms with Gasteiger partial charge < -0.3 is 15.5 Å². The maximum Gasteiger partial charge on any atom is 0.249 e. The van der Waals surface area contributed by atoms with E-state index in [4.69, 9.17) is 11.6 Å². The number of benzene rings is 2. The Morgan fingerprint density at radius 1 is 0.815 bits per heavy atom. The normalized spacial score (nSPS) is 14.0. The molecule has 1 aliphatic rings. The molecule has 7 heteroatoms. The Hall–Kier alpha value is -2.86. The first-order valence-corrected chi connectivity index (χ1v) is 9.48. The molecule has 2 aromatic carbocycles. The molecule has 0 bridgehead atoms. The highest BCUT2D eigenvalue weighted by molar-refractivity contribution is 6.30. The highest BCUT2D eigenvalue weighted by Crippen LogP contribution is 2.23. The third kappa shape index (κ3) is 4.65. The standard InChI is InChI=1S/C20H21ClN6/c21-15-4-6-17(7-5-15)24-20-25-19(14-22-26-20)23-16-8-10-18(11-9-16)27-12-2-1-3-13-27/h4-11,14H,1-3,12-13H2,(H2,23,24,25,26). The predicted octanol–water partition coefficient (Wildman–Crippen LogP) is 5.00. The molecule has 3 aromatic rings. The Morgan fingerprint density at radius 3 is 2.22 bits per heavy atom. The molecule has 0 saturated carbocycles. The van der Waals surface area contributed by atoms with E-state index in [1.54, 1.807) is 6.20 Å². The summed E-state index contributed by atoms with van der Waals surface area (Å²) in [4.78, 5) is 6.90. The second-order valence-electron chi connectivity index (χ2n) is 6.52. The molecule has 1 aliphatic heterocycles. The van der Waals surface area contributed by atoms with E-state index < -0.39 is 0 Å². The number of nitrogens with zero attached hydrogens (tertiary/aromatic N) is 4. The summed E-state index contributed by atoms with van der Waals surface area (Å²) in [5, 5.41) is 15.1. The van der Waals surface area contributed by atoms with Crippen molar-refractivity contribution >= 4 is 40.4 Å². The second-order valence-corrected chi connectivity index (χ2v) is 6.95. The van der Waals surface area contributed by atoms with Gasteiger partial charge in [-0.2, -0.15) is 10.1 Å². The third-order valence-electron chi connectivity index (χ3n) is 4.52. The van der Waals surface area contributed by atoms with E-state index in [0.717, 1.165) is 24.5 Å². The van der Waals surface area contributed by atoms with Crippen molar-refractivity contribution in [1.82, 2.24) is 15.2 Å². The summed E-state index contributed by atoms with van der Waals surface area (Å²) in [5.41, 5.74) is 3.09. The Morgan fingerprint density at radius 2 is 1.48 bits per heavy atom. The molecule has 1 saturated heterocycles. The van der Waals surface area contributed by atoms with E-state index in [9.17, 15) is 0 Å². The van der Waals surface area contributed by atoms with Gasteiger partial charge in [-0.25, -0.2) is 0 Å². The van der Waals surface area contributed by atoms with Crippen LogP contribution >= 0.6 is 11.6 Å². The van der Waals surface area contributed by atoms with Gasteiger partial charge in [0.05, 0.1) is 6.20 Å². The smallest absolute Gasteiger partial charge is 0.249 e. The summed E-state index contributed by atoms with van der Waals surface area (Å²) in [6.07, 6.45) is 5.49. The summed E-state index contributed by atoms with van der Waals surface area (Å²) >= 11 is 5.91. The first-order valence-electron chi connectivity index (χ1n) is 9.11. The first-order chi connectivity index (χ1) is 13.3. The Kier molecular flexibility index (Phi) is 5.34. The summed E-state index contributed by atoms with van der Waals surface area (Å²) in [6.45, 7) is 2.28. The van der Waals surface area contributed by atoms with Gasteiger partial charge in [-0.1, -0.05) is 11.6 Å². The van der Waals surface area contributed by atoms with Crippen molar-refractivity contribution in [2.75, 3.05) is 28.6 Å². The van der Waals surface area contributed by atoms with Crippen LogP contribution in [0.5, 0.6) is 0 Å². The monoisotopic (exact) mass is 380 g/mol. The van der Waals surface area contributed by atoms with Crippen LogP contribution in [0.3, 0.4) is 0 Å². The summed E-state index contributed by atoms with van der Waals surface area (Å²) < 4.78 is 0. The minimum atomic E-state index is 0.423.